The topological polar surface area (TPSA) is 67.8 Å². The van der Waals surface area contributed by atoms with E-state index in [2.05, 4.69) is 20.3 Å². The molecular weight excluding hydrogens is 381 g/mol. The number of pyridine rings is 1. The fourth-order valence-corrected chi connectivity index (χ4v) is 2.49. The van der Waals surface area contributed by atoms with Gasteiger partial charge in [-0.2, -0.15) is 13.2 Å². The van der Waals surface area contributed by atoms with Gasteiger partial charge in [-0.15, -0.1) is 0 Å². The molecule has 9 heteroatoms. The van der Waals surface area contributed by atoms with Gasteiger partial charge >= 0.3 is 6.18 Å². The second-order valence-corrected chi connectivity index (χ2v) is 5.97. The maximum absolute atomic E-state index is 12.7. The van der Waals surface area contributed by atoms with Crippen LogP contribution in [0.15, 0.2) is 48.8 Å². The highest BCUT2D eigenvalue weighted by Crippen LogP contribution is 2.32. The number of nitrogens with zero attached hydrogens (tertiary/aromatic N) is 3. The summed E-state index contributed by atoms with van der Waals surface area (Å²) < 4.78 is 38.0. The molecule has 3 rings (SSSR count). The lowest BCUT2D eigenvalue weighted by molar-refractivity contribution is -0.137. The molecule has 27 heavy (non-hydrogen) atoms. The highest BCUT2D eigenvalue weighted by atomic mass is 35.5. The molecule has 3 aromatic rings. The first-order valence-corrected chi connectivity index (χ1v) is 8.06. The van der Waals surface area contributed by atoms with Crippen molar-refractivity contribution in [3.8, 4) is 11.4 Å². The molecule has 0 bridgehead atoms. The number of alkyl halides is 3. The number of hydrogen-bond acceptors (Lipinski definition) is 4. The van der Waals surface area contributed by atoms with Crippen molar-refractivity contribution in [2.24, 2.45) is 0 Å². The first kappa shape index (κ1) is 18.8. The van der Waals surface area contributed by atoms with Crippen LogP contribution in [0.4, 0.5) is 19.0 Å². The van der Waals surface area contributed by atoms with E-state index in [9.17, 15) is 18.0 Å². The third-order valence-corrected chi connectivity index (χ3v) is 3.94. The van der Waals surface area contributed by atoms with E-state index in [1.807, 2.05) is 30.3 Å². The summed E-state index contributed by atoms with van der Waals surface area (Å²) in [5, 5.41) is 2.05. The third-order valence-electron chi connectivity index (χ3n) is 3.66. The predicted octanol–water partition coefficient (Wildman–Crippen LogP) is 4.77. The Bertz CT molecular complexity index is 994. The summed E-state index contributed by atoms with van der Waals surface area (Å²) >= 11 is 5.80. The zero-order chi connectivity index (χ0) is 19.6. The molecular formula is C18H12ClF3N4O. The van der Waals surface area contributed by atoms with Crippen LogP contribution in [-0.2, 0) is 6.18 Å². The summed E-state index contributed by atoms with van der Waals surface area (Å²) in [5.41, 5.74) is 0.356. The second-order valence-electron chi connectivity index (χ2n) is 5.57. The molecule has 2 heterocycles. The molecule has 0 aliphatic heterocycles. The van der Waals surface area contributed by atoms with Crippen LogP contribution in [0.3, 0.4) is 0 Å². The van der Waals surface area contributed by atoms with E-state index in [4.69, 9.17) is 11.6 Å². The highest BCUT2D eigenvalue weighted by Gasteiger charge is 2.31. The number of carbonyl (C=O) groups is 1. The largest absolute Gasteiger partial charge is 0.417 e. The van der Waals surface area contributed by atoms with Crippen molar-refractivity contribution >= 4 is 23.3 Å². The number of rotatable bonds is 3. The van der Waals surface area contributed by atoms with Gasteiger partial charge in [0.2, 0.25) is 0 Å². The van der Waals surface area contributed by atoms with Crippen molar-refractivity contribution in [3.63, 3.8) is 0 Å². The zero-order valence-corrected chi connectivity index (χ0v) is 14.6. The lowest BCUT2D eigenvalue weighted by Crippen LogP contribution is -2.17. The number of benzene rings is 1. The van der Waals surface area contributed by atoms with E-state index in [1.165, 1.54) is 6.20 Å². The molecule has 0 atom stereocenters. The summed E-state index contributed by atoms with van der Waals surface area (Å²) in [7, 11) is 0. The molecule has 138 valence electrons. The fourth-order valence-electron chi connectivity index (χ4n) is 2.28. The van der Waals surface area contributed by atoms with Crippen LogP contribution in [0.5, 0.6) is 0 Å². The maximum atomic E-state index is 12.7. The molecule has 0 spiro atoms. The van der Waals surface area contributed by atoms with Crippen molar-refractivity contribution in [1.82, 2.24) is 15.0 Å². The molecule has 1 amide bonds. The summed E-state index contributed by atoms with van der Waals surface area (Å²) in [6.45, 7) is 1.63. The van der Waals surface area contributed by atoms with Crippen LogP contribution in [-0.4, -0.2) is 20.9 Å². The quantitative estimate of drug-likeness (QED) is 0.697. The SMILES string of the molecule is Cc1nc(-c2ccccc2)ncc1C(=O)Nc1ncc(C(F)(F)F)cc1Cl. The maximum Gasteiger partial charge on any atom is 0.417 e. The summed E-state index contributed by atoms with van der Waals surface area (Å²) in [4.78, 5) is 24.5. The Labute approximate surface area is 157 Å². The average molecular weight is 393 g/mol. The van der Waals surface area contributed by atoms with Gasteiger partial charge in [-0.25, -0.2) is 15.0 Å². The van der Waals surface area contributed by atoms with Crippen LogP contribution in [0.1, 0.15) is 21.6 Å². The number of anilines is 1. The second kappa shape index (κ2) is 7.32. The lowest BCUT2D eigenvalue weighted by Gasteiger charge is -2.11. The smallest absolute Gasteiger partial charge is 0.305 e. The number of aromatic nitrogens is 3. The van der Waals surface area contributed by atoms with Crippen molar-refractivity contribution in [2.45, 2.75) is 13.1 Å². The Morgan fingerprint density at radius 1 is 1.11 bits per heavy atom. The van der Waals surface area contributed by atoms with Gasteiger partial charge in [0, 0.05) is 18.0 Å². The van der Waals surface area contributed by atoms with Gasteiger partial charge in [-0.3, -0.25) is 4.79 Å². The monoisotopic (exact) mass is 392 g/mol. The van der Waals surface area contributed by atoms with Crippen molar-refractivity contribution in [2.75, 3.05) is 5.32 Å². The van der Waals surface area contributed by atoms with Crippen LogP contribution in [0.25, 0.3) is 11.4 Å². The molecule has 0 radical (unpaired) electrons. The van der Waals surface area contributed by atoms with Gasteiger partial charge in [-0.1, -0.05) is 41.9 Å². The first-order chi connectivity index (χ1) is 12.8. The molecule has 5 nitrogen and oxygen atoms in total. The van der Waals surface area contributed by atoms with Gasteiger partial charge in [0.15, 0.2) is 11.6 Å². The van der Waals surface area contributed by atoms with Crippen molar-refractivity contribution in [1.29, 1.82) is 0 Å². The Morgan fingerprint density at radius 2 is 1.81 bits per heavy atom. The molecule has 1 aromatic carbocycles. The molecule has 0 aliphatic carbocycles. The van der Waals surface area contributed by atoms with Crippen LogP contribution in [0.2, 0.25) is 5.02 Å². The minimum absolute atomic E-state index is 0.160. The summed E-state index contributed by atoms with van der Waals surface area (Å²) in [6, 6.07) is 9.91. The molecule has 0 fully saturated rings. The van der Waals surface area contributed by atoms with Gasteiger partial charge in [-0.05, 0) is 13.0 Å². The van der Waals surface area contributed by atoms with Gasteiger partial charge in [0.05, 0.1) is 21.8 Å². The number of nitrogens with one attached hydrogen (secondary N) is 1. The van der Waals surface area contributed by atoms with Crippen LogP contribution < -0.4 is 5.32 Å². The zero-order valence-electron chi connectivity index (χ0n) is 13.9. The van der Waals surface area contributed by atoms with E-state index in [1.54, 1.807) is 6.92 Å². The number of amides is 1. The third kappa shape index (κ3) is 4.22. The normalized spacial score (nSPS) is 11.3. The fraction of sp³-hybridized carbons (Fsp3) is 0.111. The van der Waals surface area contributed by atoms with E-state index in [0.717, 1.165) is 5.56 Å². The minimum Gasteiger partial charge on any atom is -0.305 e. The molecule has 0 saturated carbocycles. The highest BCUT2D eigenvalue weighted by molar-refractivity contribution is 6.33. The average Bonchev–Trinajstić information content (AvgIpc) is 2.63. The van der Waals surface area contributed by atoms with E-state index in [0.29, 0.717) is 23.8 Å². The van der Waals surface area contributed by atoms with E-state index < -0.39 is 17.6 Å². The van der Waals surface area contributed by atoms with E-state index in [-0.39, 0.29) is 16.4 Å². The summed E-state index contributed by atoms with van der Waals surface area (Å²) in [5.74, 6) is -0.349. The van der Waals surface area contributed by atoms with Crippen molar-refractivity contribution in [3.05, 3.63) is 70.6 Å². The predicted molar refractivity (Wildman–Crippen MR) is 94.4 cm³/mol. The Hall–Kier alpha value is -3.00. The van der Waals surface area contributed by atoms with Gasteiger partial charge in [0.1, 0.15) is 0 Å². The minimum atomic E-state index is -4.57. The van der Waals surface area contributed by atoms with Crippen molar-refractivity contribution < 1.29 is 18.0 Å². The number of halogens is 4. The van der Waals surface area contributed by atoms with E-state index >= 15 is 0 Å². The Balaban J connectivity index is 1.83. The number of aryl methyl sites for hydroxylation is 1. The number of hydrogen-bond donors (Lipinski definition) is 1. The van der Waals surface area contributed by atoms with Gasteiger partial charge < -0.3 is 5.32 Å². The Morgan fingerprint density at radius 3 is 2.41 bits per heavy atom. The Kier molecular flexibility index (Phi) is 5.09. The van der Waals surface area contributed by atoms with Crippen LogP contribution in [0, 0.1) is 6.92 Å². The molecule has 0 aliphatic rings. The first-order valence-electron chi connectivity index (χ1n) is 7.69. The lowest BCUT2D eigenvalue weighted by atomic mass is 10.2. The molecule has 0 unspecified atom stereocenters. The summed E-state index contributed by atoms with van der Waals surface area (Å²) in [6.07, 6.45) is -2.63. The molecule has 1 N–H and O–H groups in total. The molecule has 0 saturated heterocycles. The molecule has 2 aromatic heterocycles. The van der Waals surface area contributed by atoms with Crippen LogP contribution >= 0.6 is 11.6 Å². The standard InChI is InChI=1S/C18H12ClF3N4O/c1-10-13(9-24-15(25-10)11-5-3-2-4-6-11)17(27)26-16-14(19)7-12(8-23-16)18(20,21)22/h2-9H,1H3,(H,23,26,27). The number of carbonyl (C=O) groups excluding carboxylic acids is 1. The van der Waals surface area contributed by atoms with Gasteiger partial charge in [0.25, 0.3) is 5.91 Å².